The van der Waals surface area contributed by atoms with Crippen molar-refractivity contribution in [3.8, 4) is 11.8 Å². The Hall–Kier alpha value is -3.97. The highest BCUT2D eigenvalue weighted by molar-refractivity contribution is 8.03. The number of benzene rings is 3. The van der Waals surface area contributed by atoms with E-state index in [0.717, 1.165) is 11.8 Å². The molecule has 1 aliphatic heterocycles. The van der Waals surface area contributed by atoms with Crippen LogP contribution in [-0.2, 0) is 20.1 Å². The molecule has 0 radical (unpaired) electrons. The summed E-state index contributed by atoms with van der Waals surface area (Å²) in [5, 5.41) is 29.2. The summed E-state index contributed by atoms with van der Waals surface area (Å²) in [4.78, 5) is 26.3. The minimum atomic E-state index is -1.95. The van der Waals surface area contributed by atoms with Gasteiger partial charge in [0.05, 0.1) is 36.1 Å². The molecule has 3 aromatic carbocycles. The Morgan fingerprint density at radius 2 is 1.85 bits per heavy atom. The van der Waals surface area contributed by atoms with Crippen molar-refractivity contribution >= 4 is 40.9 Å². The molecule has 0 saturated carbocycles. The van der Waals surface area contributed by atoms with E-state index in [1.54, 1.807) is 85.8 Å². The molecule has 0 unspecified atom stereocenters. The summed E-state index contributed by atoms with van der Waals surface area (Å²) >= 11 is 7.19. The molecule has 4 rings (SSSR count). The van der Waals surface area contributed by atoms with E-state index in [-0.39, 0.29) is 28.9 Å². The second-order valence-electron chi connectivity index (χ2n) is 8.94. The smallest absolute Gasteiger partial charge is 0.315 e. The standard InChI is InChI=1S/C30H28ClN3O5S/c1-3-39-29(36)27-26(19-12-14-21(31)15-13-19)24(17-32)28(34-30(27,37)20-8-5-4-6-9-20)40-18-25(35)33-22-10-7-11-23(16-22)38-2/h4-16,26-27,34,37H,3,18H2,1-2H3,(H,33,35)/t26-,27+,30+/m1/s1. The summed E-state index contributed by atoms with van der Waals surface area (Å²) < 4.78 is 10.6. The average Bonchev–Trinajstić information content (AvgIpc) is 2.96. The Morgan fingerprint density at radius 1 is 1.12 bits per heavy atom. The normalized spacial score (nSPS) is 20.2. The van der Waals surface area contributed by atoms with Crippen molar-refractivity contribution in [3.05, 3.63) is 106 Å². The Kier molecular flexibility index (Phi) is 9.38. The van der Waals surface area contributed by atoms with Crippen LogP contribution in [0, 0.1) is 17.2 Å². The van der Waals surface area contributed by atoms with Crippen molar-refractivity contribution in [1.82, 2.24) is 5.32 Å². The fraction of sp³-hybridized carbons (Fsp3) is 0.233. The van der Waals surface area contributed by atoms with E-state index < -0.39 is 23.5 Å². The Balaban J connectivity index is 1.76. The van der Waals surface area contributed by atoms with Crippen molar-refractivity contribution in [2.45, 2.75) is 18.6 Å². The number of halogens is 1. The quantitative estimate of drug-likeness (QED) is 0.298. The van der Waals surface area contributed by atoms with E-state index >= 15 is 0 Å². The van der Waals surface area contributed by atoms with Gasteiger partial charge in [-0.15, -0.1) is 0 Å². The molecule has 3 aromatic rings. The lowest BCUT2D eigenvalue weighted by atomic mass is 9.71. The van der Waals surface area contributed by atoms with Crippen LogP contribution in [0.2, 0.25) is 5.02 Å². The van der Waals surface area contributed by atoms with Crippen molar-refractivity contribution in [1.29, 1.82) is 5.26 Å². The van der Waals surface area contributed by atoms with Gasteiger partial charge in [-0.1, -0.05) is 71.9 Å². The van der Waals surface area contributed by atoms with Crippen LogP contribution in [0.1, 0.15) is 24.0 Å². The predicted molar refractivity (Wildman–Crippen MR) is 155 cm³/mol. The van der Waals surface area contributed by atoms with Crippen LogP contribution in [-0.4, -0.2) is 36.5 Å². The number of rotatable bonds is 9. The number of nitrogens with zero attached hydrogens (tertiary/aromatic N) is 1. The number of aliphatic hydroxyl groups is 1. The van der Waals surface area contributed by atoms with Crippen molar-refractivity contribution in [3.63, 3.8) is 0 Å². The van der Waals surface area contributed by atoms with Gasteiger partial charge in [0.1, 0.15) is 11.7 Å². The molecule has 0 aromatic heterocycles. The number of ether oxygens (including phenoxy) is 2. The van der Waals surface area contributed by atoms with Crippen LogP contribution in [0.4, 0.5) is 5.69 Å². The Bertz CT molecular complexity index is 1440. The van der Waals surface area contributed by atoms with Gasteiger partial charge in [0, 0.05) is 28.3 Å². The van der Waals surface area contributed by atoms with Crippen LogP contribution in [0.15, 0.2) is 89.5 Å². The number of carbonyl (C=O) groups is 2. The number of hydrogen-bond acceptors (Lipinski definition) is 8. The maximum Gasteiger partial charge on any atom is 0.315 e. The maximum atomic E-state index is 13.5. The van der Waals surface area contributed by atoms with E-state index in [1.165, 1.54) is 7.11 Å². The molecule has 10 heteroatoms. The molecule has 0 fully saturated rings. The first-order valence-corrected chi connectivity index (χ1v) is 13.9. The second-order valence-corrected chi connectivity index (χ2v) is 10.4. The summed E-state index contributed by atoms with van der Waals surface area (Å²) in [6.45, 7) is 1.77. The molecule has 0 aliphatic carbocycles. The van der Waals surface area contributed by atoms with Crippen LogP contribution < -0.4 is 15.4 Å². The molecule has 0 spiro atoms. The lowest BCUT2D eigenvalue weighted by molar-refractivity contribution is -0.164. The second kappa shape index (κ2) is 12.9. The molecule has 40 heavy (non-hydrogen) atoms. The SMILES string of the molecule is CCOC(=O)[C@@H]1[C@H](c2ccc(Cl)cc2)C(C#N)=C(SCC(=O)Nc2cccc(OC)c2)N[C@]1(O)c1ccccc1. The maximum absolute atomic E-state index is 13.5. The minimum Gasteiger partial charge on any atom is -0.497 e. The van der Waals surface area contributed by atoms with Crippen molar-refractivity contribution < 1.29 is 24.2 Å². The number of nitriles is 1. The van der Waals surface area contributed by atoms with Gasteiger partial charge in [-0.3, -0.25) is 9.59 Å². The number of hydrogen-bond donors (Lipinski definition) is 3. The number of allylic oxidation sites excluding steroid dienone is 1. The van der Waals surface area contributed by atoms with Crippen LogP contribution >= 0.6 is 23.4 Å². The minimum absolute atomic E-state index is 0.0764. The predicted octanol–water partition coefficient (Wildman–Crippen LogP) is 5.17. The van der Waals surface area contributed by atoms with E-state index in [1.807, 2.05) is 0 Å². The summed E-state index contributed by atoms with van der Waals surface area (Å²) in [5.41, 5.74) is -0.209. The highest BCUT2D eigenvalue weighted by Crippen LogP contribution is 2.49. The molecule has 3 N–H and O–H groups in total. The Labute approximate surface area is 241 Å². The molecular weight excluding hydrogens is 550 g/mol. The summed E-state index contributed by atoms with van der Waals surface area (Å²) in [5.74, 6) is -2.60. The number of methoxy groups -OCH3 is 1. The van der Waals surface area contributed by atoms with Crippen molar-refractivity contribution in [2.75, 3.05) is 24.8 Å². The van der Waals surface area contributed by atoms with Crippen LogP contribution in [0.25, 0.3) is 0 Å². The van der Waals surface area contributed by atoms with Gasteiger partial charge in [0.15, 0.2) is 5.72 Å². The molecule has 1 aliphatic rings. The number of thioether (sulfide) groups is 1. The number of nitrogens with one attached hydrogen (secondary N) is 2. The van der Waals surface area contributed by atoms with Gasteiger partial charge in [-0.25, -0.2) is 0 Å². The van der Waals surface area contributed by atoms with Gasteiger partial charge in [0.2, 0.25) is 5.91 Å². The third-order valence-corrected chi connectivity index (χ3v) is 7.72. The third kappa shape index (κ3) is 6.26. The molecule has 1 amide bonds. The Morgan fingerprint density at radius 3 is 2.50 bits per heavy atom. The van der Waals surface area contributed by atoms with Gasteiger partial charge in [0.25, 0.3) is 0 Å². The fourth-order valence-electron chi connectivity index (χ4n) is 4.65. The molecule has 0 saturated heterocycles. The largest absolute Gasteiger partial charge is 0.497 e. The molecule has 8 nitrogen and oxygen atoms in total. The van der Waals surface area contributed by atoms with Gasteiger partial charge in [-0.2, -0.15) is 5.26 Å². The lowest BCUT2D eigenvalue weighted by Crippen LogP contribution is -2.56. The highest BCUT2D eigenvalue weighted by Gasteiger charge is 2.54. The molecule has 206 valence electrons. The first-order chi connectivity index (χ1) is 19.3. The van der Waals surface area contributed by atoms with E-state index in [2.05, 4.69) is 16.7 Å². The molecule has 1 heterocycles. The number of amides is 1. The summed E-state index contributed by atoms with van der Waals surface area (Å²) in [7, 11) is 1.54. The summed E-state index contributed by atoms with van der Waals surface area (Å²) in [6.07, 6.45) is 0. The zero-order chi connectivity index (χ0) is 28.7. The van der Waals surface area contributed by atoms with E-state index in [0.29, 0.717) is 27.6 Å². The molecule has 0 bridgehead atoms. The number of esters is 1. The fourth-order valence-corrected chi connectivity index (χ4v) is 5.68. The monoisotopic (exact) mass is 577 g/mol. The zero-order valence-electron chi connectivity index (χ0n) is 21.9. The molecule has 3 atom stereocenters. The third-order valence-electron chi connectivity index (χ3n) is 6.45. The average molecular weight is 578 g/mol. The molecular formula is C30H28ClN3O5S. The van der Waals surface area contributed by atoms with Crippen LogP contribution in [0.3, 0.4) is 0 Å². The van der Waals surface area contributed by atoms with E-state index in [4.69, 9.17) is 21.1 Å². The summed E-state index contributed by atoms with van der Waals surface area (Å²) in [6, 6.07) is 24.6. The lowest BCUT2D eigenvalue weighted by Gasteiger charge is -2.45. The van der Waals surface area contributed by atoms with Crippen molar-refractivity contribution in [2.24, 2.45) is 5.92 Å². The van der Waals surface area contributed by atoms with E-state index in [9.17, 15) is 20.0 Å². The van der Waals surface area contributed by atoms with Gasteiger partial charge < -0.3 is 25.2 Å². The highest BCUT2D eigenvalue weighted by atomic mass is 35.5. The zero-order valence-corrected chi connectivity index (χ0v) is 23.5. The number of anilines is 1. The first-order valence-electron chi connectivity index (χ1n) is 12.5. The topological polar surface area (TPSA) is 121 Å². The first kappa shape index (κ1) is 29.0. The van der Waals surface area contributed by atoms with Gasteiger partial charge in [-0.05, 0) is 36.8 Å². The van der Waals surface area contributed by atoms with Crippen LogP contribution in [0.5, 0.6) is 5.75 Å². The van der Waals surface area contributed by atoms with Gasteiger partial charge >= 0.3 is 5.97 Å². The number of carbonyl (C=O) groups excluding carboxylic acids is 2.